The molecule has 1 amide bonds. The quantitative estimate of drug-likeness (QED) is 0.121. The maximum absolute atomic E-state index is 11.9. The standard InChI is InChI=1S/C30H55NO8/c1-3-28(33)15-12-10-8-6-4-5-7-9-11-13-17-30(35)31-18-20-37-22-24-39-26-29(34)16-14-19-36-21-23-38-25-27(2)32/h3-26H2,1-2H3,(H,31,35). The molecule has 0 saturated heterocycles. The van der Waals surface area contributed by atoms with Gasteiger partial charge in [-0.05, 0) is 26.2 Å². The Kier molecular flexibility index (Phi) is 28.0. The van der Waals surface area contributed by atoms with Gasteiger partial charge in [0.2, 0.25) is 5.91 Å². The number of carbonyl (C=O) groups is 4. The normalized spacial score (nSPS) is 11.0. The van der Waals surface area contributed by atoms with Gasteiger partial charge in [-0.25, -0.2) is 0 Å². The average molecular weight is 558 g/mol. The van der Waals surface area contributed by atoms with Crippen LogP contribution >= 0.6 is 0 Å². The summed E-state index contributed by atoms with van der Waals surface area (Å²) in [6.07, 6.45) is 14.6. The summed E-state index contributed by atoms with van der Waals surface area (Å²) in [5.41, 5.74) is 0. The maximum Gasteiger partial charge on any atom is 0.220 e. The predicted molar refractivity (Wildman–Crippen MR) is 152 cm³/mol. The summed E-state index contributed by atoms with van der Waals surface area (Å²) in [6, 6.07) is 0. The van der Waals surface area contributed by atoms with Gasteiger partial charge in [-0.1, -0.05) is 58.3 Å². The minimum Gasteiger partial charge on any atom is -0.379 e. The van der Waals surface area contributed by atoms with Crippen LogP contribution in [0.4, 0.5) is 0 Å². The molecule has 0 atom stereocenters. The summed E-state index contributed by atoms with van der Waals surface area (Å²) in [6.45, 7) is 6.42. The van der Waals surface area contributed by atoms with Crippen molar-refractivity contribution in [2.45, 2.75) is 110 Å². The van der Waals surface area contributed by atoms with Crippen LogP contribution in [-0.2, 0) is 38.1 Å². The summed E-state index contributed by atoms with van der Waals surface area (Å²) in [5, 5.41) is 2.87. The third-order valence-corrected chi connectivity index (χ3v) is 6.13. The minimum atomic E-state index is -0.0160. The molecule has 1 N–H and O–H groups in total. The van der Waals surface area contributed by atoms with Gasteiger partial charge in [0.1, 0.15) is 19.0 Å². The van der Waals surface area contributed by atoms with E-state index in [4.69, 9.17) is 18.9 Å². The zero-order valence-electron chi connectivity index (χ0n) is 24.7. The number of carbonyl (C=O) groups excluding carboxylic acids is 4. The Morgan fingerprint density at radius 3 is 1.59 bits per heavy atom. The molecule has 0 rings (SSSR count). The second-order valence-corrected chi connectivity index (χ2v) is 9.95. The predicted octanol–water partition coefficient (Wildman–Crippen LogP) is 4.77. The highest BCUT2D eigenvalue weighted by atomic mass is 16.5. The maximum atomic E-state index is 11.9. The highest BCUT2D eigenvalue weighted by Crippen LogP contribution is 2.12. The number of hydrogen-bond acceptors (Lipinski definition) is 8. The van der Waals surface area contributed by atoms with E-state index in [1.54, 1.807) is 0 Å². The van der Waals surface area contributed by atoms with Gasteiger partial charge in [0.05, 0.1) is 33.0 Å². The van der Waals surface area contributed by atoms with Crippen molar-refractivity contribution in [2.24, 2.45) is 0 Å². The molecule has 0 spiro atoms. The summed E-state index contributed by atoms with van der Waals surface area (Å²) in [5.74, 6) is 0.449. The van der Waals surface area contributed by atoms with Gasteiger partial charge in [0, 0.05) is 38.8 Å². The van der Waals surface area contributed by atoms with Crippen LogP contribution in [0.2, 0.25) is 0 Å². The van der Waals surface area contributed by atoms with Gasteiger partial charge in [-0.15, -0.1) is 0 Å². The number of unbranched alkanes of at least 4 members (excludes halogenated alkanes) is 9. The van der Waals surface area contributed by atoms with Crippen LogP contribution in [0.1, 0.15) is 110 Å². The number of ether oxygens (including phenoxy) is 4. The number of ketones is 3. The molecule has 0 heterocycles. The molecule has 0 saturated carbocycles. The largest absolute Gasteiger partial charge is 0.379 e. The molecule has 39 heavy (non-hydrogen) atoms. The molecular formula is C30H55NO8. The van der Waals surface area contributed by atoms with E-state index in [0.717, 1.165) is 25.7 Å². The zero-order chi connectivity index (χ0) is 28.8. The third-order valence-electron chi connectivity index (χ3n) is 6.13. The minimum absolute atomic E-state index is 0.0160. The number of amides is 1. The molecule has 0 fully saturated rings. The smallest absolute Gasteiger partial charge is 0.220 e. The van der Waals surface area contributed by atoms with Crippen molar-refractivity contribution < 1.29 is 38.1 Å². The Bertz CT molecular complexity index is 626. The molecule has 228 valence electrons. The van der Waals surface area contributed by atoms with E-state index in [-0.39, 0.29) is 30.7 Å². The number of nitrogens with one attached hydrogen (secondary N) is 1. The van der Waals surface area contributed by atoms with Crippen LogP contribution in [0.15, 0.2) is 0 Å². The Labute approximate surface area is 236 Å². The molecule has 0 unspecified atom stereocenters. The van der Waals surface area contributed by atoms with Gasteiger partial charge in [-0.3, -0.25) is 19.2 Å². The fraction of sp³-hybridized carbons (Fsp3) is 0.867. The van der Waals surface area contributed by atoms with Crippen molar-refractivity contribution in [3.63, 3.8) is 0 Å². The van der Waals surface area contributed by atoms with Crippen LogP contribution < -0.4 is 5.32 Å². The van der Waals surface area contributed by atoms with Gasteiger partial charge >= 0.3 is 0 Å². The van der Waals surface area contributed by atoms with E-state index in [0.29, 0.717) is 77.7 Å². The Morgan fingerprint density at radius 2 is 1.00 bits per heavy atom. The molecule has 0 radical (unpaired) electrons. The van der Waals surface area contributed by atoms with Crippen molar-refractivity contribution in [1.82, 2.24) is 5.32 Å². The van der Waals surface area contributed by atoms with Crippen LogP contribution in [0, 0.1) is 0 Å². The Hall–Kier alpha value is -1.68. The van der Waals surface area contributed by atoms with Crippen molar-refractivity contribution in [2.75, 3.05) is 59.4 Å². The molecule has 0 aliphatic rings. The van der Waals surface area contributed by atoms with Crippen LogP contribution in [-0.4, -0.2) is 82.7 Å². The van der Waals surface area contributed by atoms with Crippen LogP contribution in [0.3, 0.4) is 0 Å². The summed E-state index contributed by atoms with van der Waals surface area (Å²) in [7, 11) is 0. The number of Topliss-reactive ketones (excluding diaryl/α,β-unsaturated/α-hetero) is 3. The lowest BCUT2D eigenvalue weighted by molar-refractivity contribution is -0.125. The lowest BCUT2D eigenvalue weighted by Gasteiger charge is -2.08. The van der Waals surface area contributed by atoms with Crippen molar-refractivity contribution in [1.29, 1.82) is 0 Å². The lowest BCUT2D eigenvalue weighted by Crippen LogP contribution is -2.27. The van der Waals surface area contributed by atoms with Crippen molar-refractivity contribution in [3.8, 4) is 0 Å². The zero-order valence-corrected chi connectivity index (χ0v) is 24.7. The molecule has 9 heteroatoms. The van der Waals surface area contributed by atoms with E-state index in [1.807, 2.05) is 6.92 Å². The monoisotopic (exact) mass is 557 g/mol. The van der Waals surface area contributed by atoms with Crippen LogP contribution in [0.5, 0.6) is 0 Å². The SMILES string of the molecule is CCC(=O)CCCCCCCCCCCCC(=O)NCCOCCOCC(=O)CCCOCCOCC(C)=O. The summed E-state index contributed by atoms with van der Waals surface area (Å²) >= 11 is 0. The van der Waals surface area contributed by atoms with E-state index in [2.05, 4.69) is 5.32 Å². The summed E-state index contributed by atoms with van der Waals surface area (Å²) < 4.78 is 21.2. The van der Waals surface area contributed by atoms with Gasteiger partial charge in [0.25, 0.3) is 0 Å². The van der Waals surface area contributed by atoms with Gasteiger partial charge < -0.3 is 24.3 Å². The first kappa shape index (κ1) is 37.3. The Balaban J connectivity index is 3.28. The average Bonchev–Trinajstić information content (AvgIpc) is 2.91. The van der Waals surface area contributed by atoms with E-state index >= 15 is 0 Å². The number of rotatable bonds is 31. The second kappa shape index (κ2) is 29.3. The molecule has 9 nitrogen and oxygen atoms in total. The first-order valence-electron chi connectivity index (χ1n) is 15.1. The van der Waals surface area contributed by atoms with Crippen molar-refractivity contribution >= 4 is 23.3 Å². The molecule has 0 aromatic carbocycles. The molecular weight excluding hydrogens is 502 g/mol. The summed E-state index contributed by atoms with van der Waals surface area (Å²) in [4.78, 5) is 45.6. The van der Waals surface area contributed by atoms with E-state index in [1.165, 1.54) is 51.9 Å². The topological polar surface area (TPSA) is 117 Å². The first-order valence-corrected chi connectivity index (χ1v) is 15.1. The highest BCUT2D eigenvalue weighted by molar-refractivity contribution is 5.79. The molecule has 0 aromatic heterocycles. The third kappa shape index (κ3) is 30.7. The van der Waals surface area contributed by atoms with E-state index in [9.17, 15) is 19.2 Å². The highest BCUT2D eigenvalue weighted by Gasteiger charge is 2.04. The van der Waals surface area contributed by atoms with Gasteiger partial charge in [0.15, 0.2) is 11.6 Å². The van der Waals surface area contributed by atoms with Gasteiger partial charge in [-0.2, -0.15) is 0 Å². The Morgan fingerprint density at radius 1 is 0.513 bits per heavy atom. The fourth-order valence-electron chi connectivity index (χ4n) is 3.84. The molecule has 0 aliphatic heterocycles. The fourth-order valence-corrected chi connectivity index (χ4v) is 3.84. The molecule has 0 aromatic rings. The van der Waals surface area contributed by atoms with E-state index < -0.39 is 0 Å². The molecule has 0 aliphatic carbocycles. The second-order valence-electron chi connectivity index (χ2n) is 9.95. The number of hydrogen-bond donors (Lipinski definition) is 1. The molecule has 0 bridgehead atoms. The first-order chi connectivity index (χ1) is 19.0. The van der Waals surface area contributed by atoms with Crippen LogP contribution in [0.25, 0.3) is 0 Å². The van der Waals surface area contributed by atoms with Crippen molar-refractivity contribution in [3.05, 3.63) is 0 Å². The lowest BCUT2D eigenvalue weighted by atomic mass is 10.0.